The normalized spacial score (nSPS) is 18.1. The molecular weight excluding hydrogens is 442 g/mol. The molecule has 1 aromatic carbocycles. The van der Waals surface area contributed by atoms with Crippen LogP contribution in [0.1, 0.15) is 30.3 Å². The van der Waals surface area contributed by atoms with Crippen molar-refractivity contribution in [3.63, 3.8) is 0 Å². The molecule has 1 atom stereocenters. The summed E-state index contributed by atoms with van der Waals surface area (Å²) in [5, 5.41) is 13.3. The minimum absolute atomic E-state index is 0.0114. The molecule has 3 rings (SSSR count). The second kappa shape index (κ2) is 9.72. The molecule has 9 heteroatoms. The van der Waals surface area contributed by atoms with Gasteiger partial charge in [0, 0.05) is 17.5 Å². The SMILES string of the molecule is COc1cc(OC)c(/C(O)=C2/C(=O)C(=O)N(CCOC(C)C)C2c2cccs2)cc1Cl. The van der Waals surface area contributed by atoms with Gasteiger partial charge in [-0.1, -0.05) is 17.7 Å². The lowest BCUT2D eigenvalue weighted by Crippen LogP contribution is -2.33. The van der Waals surface area contributed by atoms with Crippen LogP contribution in [0.25, 0.3) is 5.76 Å². The van der Waals surface area contributed by atoms with Gasteiger partial charge < -0.3 is 24.2 Å². The molecule has 1 aliphatic rings. The van der Waals surface area contributed by atoms with Crippen LogP contribution in [0, 0.1) is 0 Å². The van der Waals surface area contributed by atoms with Crippen molar-refractivity contribution < 1.29 is 28.9 Å². The fraction of sp³-hybridized carbons (Fsp3) is 0.364. The Hall–Kier alpha value is -2.55. The van der Waals surface area contributed by atoms with Crippen molar-refractivity contribution in [3.8, 4) is 11.5 Å². The topological polar surface area (TPSA) is 85.3 Å². The molecule has 0 bridgehead atoms. The highest BCUT2D eigenvalue weighted by Gasteiger charge is 2.46. The van der Waals surface area contributed by atoms with Gasteiger partial charge in [0.25, 0.3) is 11.7 Å². The molecule has 166 valence electrons. The molecule has 1 fully saturated rings. The van der Waals surface area contributed by atoms with E-state index in [-0.39, 0.29) is 46.9 Å². The van der Waals surface area contributed by atoms with Crippen molar-refractivity contribution in [2.45, 2.75) is 26.0 Å². The molecule has 31 heavy (non-hydrogen) atoms. The van der Waals surface area contributed by atoms with Gasteiger partial charge in [0.1, 0.15) is 17.3 Å². The summed E-state index contributed by atoms with van der Waals surface area (Å²) in [7, 11) is 2.89. The number of nitrogens with zero attached hydrogens (tertiary/aromatic N) is 1. The molecule has 1 aromatic heterocycles. The third kappa shape index (κ3) is 4.56. The Morgan fingerprint density at radius 2 is 1.94 bits per heavy atom. The van der Waals surface area contributed by atoms with Gasteiger partial charge in [-0.05, 0) is 31.4 Å². The number of thiophene rings is 1. The number of likely N-dealkylation sites (tertiary alicyclic amines) is 1. The van der Waals surface area contributed by atoms with Gasteiger partial charge in [-0.2, -0.15) is 0 Å². The van der Waals surface area contributed by atoms with Gasteiger partial charge in [0.05, 0.1) is 49.1 Å². The Morgan fingerprint density at radius 1 is 1.23 bits per heavy atom. The first kappa shape index (κ1) is 23.1. The van der Waals surface area contributed by atoms with Crippen LogP contribution in [0.4, 0.5) is 0 Å². The van der Waals surface area contributed by atoms with Gasteiger partial charge in [-0.15, -0.1) is 11.3 Å². The molecule has 7 nitrogen and oxygen atoms in total. The van der Waals surface area contributed by atoms with Crippen molar-refractivity contribution >= 4 is 40.4 Å². The molecule has 2 aromatic rings. The first-order valence-electron chi connectivity index (χ1n) is 9.65. The maximum Gasteiger partial charge on any atom is 0.295 e. The fourth-order valence-corrected chi connectivity index (χ4v) is 4.52. The summed E-state index contributed by atoms with van der Waals surface area (Å²) in [5.74, 6) is -1.19. The van der Waals surface area contributed by atoms with E-state index < -0.39 is 17.7 Å². The highest BCUT2D eigenvalue weighted by Crippen LogP contribution is 2.43. The molecule has 1 saturated heterocycles. The molecule has 0 saturated carbocycles. The first-order valence-corrected chi connectivity index (χ1v) is 10.9. The summed E-state index contributed by atoms with van der Waals surface area (Å²) >= 11 is 7.64. The number of hydrogen-bond acceptors (Lipinski definition) is 7. The molecule has 1 aliphatic heterocycles. The summed E-state index contributed by atoms with van der Waals surface area (Å²) in [5.41, 5.74) is 0.183. The second-order valence-corrected chi connectivity index (χ2v) is 8.50. The third-order valence-corrected chi connectivity index (χ3v) is 6.09. The number of carbonyl (C=O) groups is 2. The smallest absolute Gasteiger partial charge is 0.295 e. The number of benzene rings is 1. The predicted octanol–water partition coefficient (Wildman–Crippen LogP) is 4.27. The predicted molar refractivity (Wildman–Crippen MR) is 119 cm³/mol. The van der Waals surface area contributed by atoms with Gasteiger partial charge >= 0.3 is 0 Å². The van der Waals surface area contributed by atoms with Crippen molar-refractivity contribution in [2.24, 2.45) is 0 Å². The summed E-state index contributed by atoms with van der Waals surface area (Å²) in [6.07, 6.45) is -0.0114. The third-order valence-electron chi connectivity index (χ3n) is 4.87. The Kier molecular flexibility index (Phi) is 7.25. The number of hydrogen-bond donors (Lipinski definition) is 1. The van der Waals surface area contributed by atoms with E-state index in [0.29, 0.717) is 5.75 Å². The van der Waals surface area contributed by atoms with E-state index >= 15 is 0 Å². The van der Waals surface area contributed by atoms with Gasteiger partial charge in [-0.3, -0.25) is 9.59 Å². The average Bonchev–Trinajstić information content (AvgIpc) is 3.35. The molecule has 2 heterocycles. The van der Waals surface area contributed by atoms with E-state index in [1.54, 1.807) is 0 Å². The zero-order valence-corrected chi connectivity index (χ0v) is 19.2. The van der Waals surface area contributed by atoms with Crippen molar-refractivity contribution in [2.75, 3.05) is 27.4 Å². The monoisotopic (exact) mass is 465 g/mol. The maximum atomic E-state index is 13.0. The largest absolute Gasteiger partial charge is 0.507 e. The van der Waals surface area contributed by atoms with E-state index in [2.05, 4.69) is 0 Å². The first-order chi connectivity index (χ1) is 14.8. The summed E-state index contributed by atoms with van der Waals surface area (Å²) in [4.78, 5) is 28.0. The maximum absolute atomic E-state index is 13.0. The van der Waals surface area contributed by atoms with Crippen LogP contribution in [0.2, 0.25) is 5.02 Å². The Bertz CT molecular complexity index is 1000. The summed E-state index contributed by atoms with van der Waals surface area (Å²) in [6.45, 7) is 4.27. The molecule has 1 N–H and O–H groups in total. The van der Waals surface area contributed by atoms with E-state index in [9.17, 15) is 14.7 Å². The Morgan fingerprint density at radius 3 is 2.52 bits per heavy atom. The fourth-order valence-electron chi connectivity index (χ4n) is 3.43. The zero-order valence-electron chi connectivity index (χ0n) is 17.7. The van der Waals surface area contributed by atoms with Crippen molar-refractivity contribution in [3.05, 3.63) is 50.7 Å². The lowest BCUT2D eigenvalue weighted by atomic mass is 9.99. The highest BCUT2D eigenvalue weighted by molar-refractivity contribution is 7.10. The van der Waals surface area contributed by atoms with Crippen LogP contribution in [-0.2, 0) is 14.3 Å². The van der Waals surface area contributed by atoms with E-state index in [1.807, 2.05) is 31.4 Å². The minimum atomic E-state index is -0.769. The van der Waals surface area contributed by atoms with E-state index in [4.69, 9.17) is 25.8 Å². The molecular formula is C22H24ClNO6S. The van der Waals surface area contributed by atoms with Crippen molar-refractivity contribution in [1.29, 1.82) is 0 Å². The van der Waals surface area contributed by atoms with E-state index in [0.717, 1.165) is 4.88 Å². The molecule has 0 radical (unpaired) electrons. The van der Waals surface area contributed by atoms with Crippen LogP contribution in [0.15, 0.2) is 35.2 Å². The Balaban J connectivity index is 2.13. The number of methoxy groups -OCH3 is 2. The Labute approximate surface area is 189 Å². The van der Waals surface area contributed by atoms with Gasteiger partial charge in [0.15, 0.2) is 0 Å². The lowest BCUT2D eigenvalue weighted by molar-refractivity contribution is -0.140. The van der Waals surface area contributed by atoms with Crippen LogP contribution < -0.4 is 9.47 Å². The van der Waals surface area contributed by atoms with Crippen LogP contribution >= 0.6 is 22.9 Å². The molecule has 0 spiro atoms. The highest BCUT2D eigenvalue weighted by atomic mass is 35.5. The van der Waals surface area contributed by atoms with E-state index in [1.165, 1.54) is 42.6 Å². The number of ether oxygens (including phenoxy) is 3. The van der Waals surface area contributed by atoms with Gasteiger partial charge in [0.2, 0.25) is 0 Å². The van der Waals surface area contributed by atoms with Crippen LogP contribution in [0.3, 0.4) is 0 Å². The molecule has 0 aliphatic carbocycles. The van der Waals surface area contributed by atoms with Gasteiger partial charge in [-0.25, -0.2) is 0 Å². The summed E-state index contributed by atoms with van der Waals surface area (Å²) < 4.78 is 16.1. The molecule has 1 amide bonds. The van der Waals surface area contributed by atoms with Crippen LogP contribution in [0.5, 0.6) is 11.5 Å². The molecule has 1 unspecified atom stereocenters. The summed E-state index contributed by atoms with van der Waals surface area (Å²) in [6, 6.07) is 5.89. The minimum Gasteiger partial charge on any atom is -0.507 e. The number of carbonyl (C=O) groups excluding carboxylic acids is 2. The number of Topliss-reactive ketones (excluding diaryl/α,β-unsaturated/α-hetero) is 1. The number of rotatable bonds is 8. The number of ketones is 1. The number of amides is 1. The van der Waals surface area contributed by atoms with Crippen LogP contribution in [-0.4, -0.2) is 55.2 Å². The number of aliphatic hydroxyl groups excluding tert-OH is 1. The second-order valence-electron chi connectivity index (χ2n) is 7.11. The quantitative estimate of drug-likeness (QED) is 0.356. The average molecular weight is 466 g/mol. The standard InChI is InChI=1S/C22H24ClNO6S/c1-12(2)30-8-7-24-19(17-6-5-9-31-17)18(21(26)22(24)27)20(25)13-10-14(23)16(29-4)11-15(13)28-3/h5-6,9-12,19,25H,7-8H2,1-4H3/b20-18-. The zero-order chi connectivity index (χ0) is 22.7. The number of halogens is 1. The number of aliphatic hydroxyl groups is 1. The van der Waals surface area contributed by atoms with Crippen molar-refractivity contribution in [1.82, 2.24) is 4.90 Å². The lowest BCUT2D eigenvalue weighted by Gasteiger charge is -2.24.